The molecule has 1 heterocycles. The fourth-order valence-corrected chi connectivity index (χ4v) is 3.90. The Kier molecular flexibility index (Phi) is 5.63. The van der Waals surface area contributed by atoms with E-state index < -0.39 is 0 Å². The molecule has 1 fully saturated rings. The van der Waals surface area contributed by atoms with Crippen LogP contribution in [-0.4, -0.2) is 13.1 Å². The Morgan fingerprint density at radius 2 is 1.60 bits per heavy atom. The van der Waals surface area contributed by atoms with Crippen molar-refractivity contribution in [2.75, 3.05) is 18.0 Å². The molecule has 25 heavy (non-hydrogen) atoms. The van der Waals surface area contributed by atoms with Gasteiger partial charge < -0.3 is 4.90 Å². The first-order valence-electron chi connectivity index (χ1n) is 9.80. The molecule has 3 rings (SSSR count). The van der Waals surface area contributed by atoms with Gasteiger partial charge in [-0.15, -0.1) is 0 Å². The second kappa shape index (κ2) is 7.91. The molecule has 0 radical (unpaired) electrons. The van der Waals surface area contributed by atoms with Gasteiger partial charge in [-0.05, 0) is 65.6 Å². The van der Waals surface area contributed by atoms with Gasteiger partial charge in [-0.25, -0.2) is 0 Å². The van der Waals surface area contributed by atoms with E-state index in [4.69, 9.17) is 0 Å². The first-order valence-corrected chi connectivity index (χ1v) is 9.80. The molecule has 2 aromatic rings. The minimum Gasteiger partial charge on any atom is -0.372 e. The van der Waals surface area contributed by atoms with E-state index in [1.54, 1.807) is 0 Å². The van der Waals surface area contributed by atoms with E-state index >= 15 is 0 Å². The van der Waals surface area contributed by atoms with E-state index in [1.807, 2.05) is 0 Å². The lowest BCUT2D eigenvalue weighted by Crippen LogP contribution is -2.17. The predicted octanol–water partition coefficient (Wildman–Crippen LogP) is 6.23. The van der Waals surface area contributed by atoms with Crippen molar-refractivity contribution in [1.29, 1.82) is 0 Å². The van der Waals surface area contributed by atoms with Crippen molar-refractivity contribution in [3.8, 4) is 0 Å². The van der Waals surface area contributed by atoms with Crippen molar-refractivity contribution < 1.29 is 0 Å². The largest absolute Gasteiger partial charge is 0.372 e. The van der Waals surface area contributed by atoms with Crippen LogP contribution in [0.25, 0.3) is 5.57 Å². The number of hydrogen-bond acceptors (Lipinski definition) is 1. The van der Waals surface area contributed by atoms with E-state index in [9.17, 15) is 0 Å². The Balaban J connectivity index is 1.77. The molecule has 0 aliphatic carbocycles. The highest BCUT2D eigenvalue weighted by Gasteiger charge is 2.15. The van der Waals surface area contributed by atoms with Gasteiger partial charge in [0.1, 0.15) is 0 Å². The van der Waals surface area contributed by atoms with E-state index in [2.05, 4.69) is 74.7 Å². The molecule has 0 spiro atoms. The highest BCUT2D eigenvalue weighted by molar-refractivity contribution is 5.71. The molecule has 0 saturated carbocycles. The number of benzene rings is 2. The molecule has 0 amide bonds. The summed E-state index contributed by atoms with van der Waals surface area (Å²) in [5, 5.41) is 0. The SMILES string of the molecule is C=C(c1ccc(N2CCCC2)cc1)C(C)c1ccc(CC)c(CC)c1. The summed E-state index contributed by atoms with van der Waals surface area (Å²) in [5.41, 5.74) is 8.14. The minimum atomic E-state index is 0.342. The highest BCUT2D eigenvalue weighted by atomic mass is 15.1. The zero-order valence-corrected chi connectivity index (χ0v) is 16.0. The van der Waals surface area contributed by atoms with Crippen LogP contribution < -0.4 is 4.90 Å². The monoisotopic (exact) mass is 333 g/mol. The lowest BCUT2D eigenvalue weighted by atomic mass is 9.87. The summed E-state index contributed by atoms with van der Waals surface area (Å²) in [6.45, 7) is 13.6. The fourth-order valence-electron chi connectivity index (χ4n) is 3.90. The van der Waals surface area contributed by atoms with Gasteiger partial charge in [0.25, 0.3) is 0 Å². The van der Waals surface area contributed by atoms with E-state index in [0.717, 1.165) is 12.8 Å². The molecule has 1 aliphatic heterocycles. The highest BCUT2D eigenvalue weighted by Crippen LogP contribution is 2.33. The van der Waals surface area contributed by atoms with Crippen LogP contribution in [0.2, 0.25) is 0 Å². The molecule has 1 unspecified atom stereocenters. The number of aryl methyl sites for hydroxylation is 2. The Morgan fingerprint density at radius 3 is 2.20 bits per heavy atom. The molecule has 0 N–H and O–H groups in total. The Morgan fingerprint density at radius 1 is 0.960 bits per heavy atom. The average Bonchev–Trinajstić information content (AvgIpc) is 3.21. The third kappa shape index (κ3) is 3.81. The molecule has 1 nitrogen and oxygen atoms in total. The van der Waals surface area contributed by atoms with Crippen LogP contribution in [0.15, 0.2) is 49.0 Å². The third-order valence-electron chi connectivity index (χ3n) is 5.72. The van der Waals surface area contributed by atoms with Crippen LogP contribution in [0.5, 0.6) is 0 Å². The van der Waals surface area contributed by atoms with Crippen LogP contribution in [0, 0.1) is 0 Å². The summed E-state index contributed by atoms with van der Waals surface area (Å²) in [4.78, 5) is 2.48. The van der Waals surface area contributed by atoms with E-state index in [-0.39, 0.29) is 0 Å². The minimum absolute atomic E-state index is 0.342. The van der Waals surface area contributed by atoms with Gasteiger partial charge in [-0.1, -0.05) is 57.7 Å². The maximum atomic E-state index is 4.41. The van der Waals surface area contributed by atoms with E-state index in [0.29, 0.717) is 5.92 Å². The lowest BCUT2D eigenvalue weighted by Gasteiger charge is -2.20. The lowest BCUT2D eigenvalue weighted by molar-refractivity contribution is 0.949. The summed E-state index contributed by atoms with van der Waals surface area (Å²) in [6, 6.07) is 16.0. The molecule has 0 bridgehead atoms. The quantitative estimate of drug-likeness (QED) is 0.606. The van der Waals surface area contributed by atoms with Crippen LogP contribution in [0.1, 0.15) is 61.8 Å². The first-order chi connectivity index (χ1) is 12.1. The van der Waals surface area contributed by atoms with Crippen molar-refractivity contribution >= 4 is 11.3 Å². The molecule has 132 valence electrons. The number of allylic oxidation sites excluding steroid dienone is 1. The topological polar surface area (TPSA) is 3.24 Å². The third-order valence-corrected chi connectivity index (χ3v) is 5.72. The summed E-state index contributed by atoms with van der Waals surface area (Å²) >= 11 is 0. The van der Waals surface area contributed by atoms with Crippen molar-refractivity contribution in [2.24, 2.45) is 0 Å². The number of anilines is 1. The summed E-state index contributed by atoms with van der Waals surface area (Å²) in [6.07, 6.45) is 4.84. The van der Waals surface area contributed by atoms with Crippen LogP contribution in [0.4, 0.5) is 5.69 Å². The fraction of sp³-hybridized carbons (Fsp3) is 0.417. The molecule has 1 atom stereocenters. The maximum absolute atomic E-state index is 4.41. The summed E-state index contributed by atoms with van der Waals surface area (Å²) < 4.78 is 0. The second-order valence-corrected chi connectivity index (χ2v) is 7.22. The molecular weight excluding hydrogens is 302 g/mol. The van der Waals surface area contributed by atoms with Gasteiger partial charge in [0, 0.05) is 24.7 Å². The standard InChI is InChI=1S/C24H31N/c1-5-20-9-10-23(17-21(20)6-2)19(4)18(3)22-11-13-24(14-12-22)25-15-7-8-16-25/h9-14,17,19H,3,5-8,15-16H2,1-2,4H3. The maximum Gasteiger partial charge on any atom is 0.0366 e. The van der Waals surface area contributed by atoms with Crippen molar-refractivity contribution in [2.45, 2.75) is 52.4 Å². The number of hydrogen-bond donors (Lipinski definition) is 0. The van der Waals surface area contributed by atoms with Crippen molar-refractivity contribution in [1.82, 2.24) is 0 Å². The number of nitrogens with zero attached hydrogens (tertiary/aromatic N) is 1. The zero-order chi connectivity index (χ0) is 17.8. The van der Waals surface area contributed by atoms with Gasteiger partial charge >= 0.3 is 0 Å². The Bertz CT molecular complexity index is 720. The van der Waals surface area contributed by atoms with Gasteiger partial charge in [0.2, 0.25) is 0 Å². The van der Waals surface area contributed by atoms with Crippen LogP contribution in [0.3, 0.4) is 0 Å². The van der Waals surface area contributed by atoms with Gasteiger partial charge in [-0.2, -0.15) is 0 Å². The average molecular weight is 334 g/mol. The first kappa shape index (κ1) is 17.8. The Hall–Kier alpha value is -2.02. The van der Waals surface area contributed by atoms with Gasteiger partial charge in [0.05, 0.1) is 0 Å². The normalized spacial score (nSPS) is 15.4. The zero-order valence-electron chi connectivity index (χ0n) is 16.0. The van der Waals surface area contributed by atoms with Crippen molar-refractivity contribution in [3.63, 3.8) is 0 Å². The molecule has 2 aromatic carbocycles. The smallest absolute Gasteiger partial charge is 0.0366 e. The second-order valence-electron chi connectivity index (χ2n) is 7.22. The number of rotatable bonds is 6. The molecule has 0 aromatic heterocycles. The van der Waals surface area contributed by atoms with Crippen molar-refractivity contribution in [3.05, 3.63) is 71.3 Å². The summed E-state index contributed by atoms with van der Waals surface area (Å²) in [5.74, 6) is 0.342. The molecule has 1 heteroatoms. The van der Waals surface area contributed by atoms with Gasteiger partial charge in [0.15, 0.2) is 0 Å². The molecule has 1 aliphatic rings. The van der Waals surface area contributed by atoms with Crippen LogP contribution >= 0.6 is 0 Å². The van der Waals surface area contributed by atoms with Crippen LogP contribution in [-0.2, 0) is 12.8 Å². The molecule has 1 saturated heterocycles. The summed E-state index contributed by atoms with van der Waals surface area (Å²) in [7, 11) is 0. The van der Waals surface area contributed by atoms with Gasteiger partial charge in [-0.3, -0.25) is 0 Å². The Labute approximate surface area is 153 Å². The predicted molar refractivity (Wildman–Crippen MR) is 111 cm³/mol. The van der Waals surface area contributed by atoms with E-state index in [1.165, 1.54) is 59.4 Å². The molecular formula is C24H31N.